The monoisotopic (exact) mass is 338 g/mol. The number of primary amides is 1. The van der Waals surface area contributed by atoms with Gasteiger partial charge in [-0.15, -0.1) is 0 Å². The van der Waals surface area contributed by atoms with E-state index < -0.39 is 38.1 Å². The van der Waals surface area contributed by atoms with Crippen LogP contribution in [0.2, 0.25) is 0 Å². The quantitative estimate of drug-likeness (QED) is 0.547. The van der Waals surface area contributed by atoms with E-state index in [2.05, 4.69) is 14.5 Å². The van der Waals surface area contributed by atoms with Gasteiger partial charge in [0.1, 0.15) is 13.2 Å². The molecule has 1 rings (SSSR count). The van der Waals surface area contributed by atoms with E-state index in [4.69, 9.17) is 15.2 Å². The first kappa shape index (κ1) is 18.5. The van der Waals surface area contributed by atoms with E-state index >= 15 is 0 Å². The Labute approximate surface area is 128 Å². The van der Waals surface area contributed by atoms with Gasteiger partial charge < -0.3 is 24.7 Å². The van der Waals surface area contributed by atoms with Gasteiger partial charge >= 0.3 is 12.1 Å². The zero-order valence-corrected chi connectivity index (χ0v) is 11.9. The zero-order valence-electron chi connectivity index (χ0n) is 11.9. The van der Waals surface area contributed by atoms with Crippen molar-refractivity contribution in [3.8, 4) is 11.5 Å². The second-order valence-electron chi connectivity index (χ2n) is 3.94. The fraction of sp³-hybridized carbons (Fsp3) is 0.417. The van der Waals surface area contributed by atoms with Gasteiger partial charge in [0, 0.05) is 12.3 Å². The summed E-state index contributed by atoms with van der Waals surface area (Å²) in [6.45, 7) is -3.18. The third-order valence-corrected chi connectivity index (χ3v) is 2.23. The Bertz CT molecular complexity index is 564. The summed E-state index contributed by atoms with van der Waals surface area (Å²) >= 11 is 0. The number of amides is 1. The number of pyridine rings is 1. The minimum atomic E-state index is -4.55. The highest BCUT2D eigenvalue weighted by Crippen LogP contribution is 2.29. The van der Waals surface area contributed by atoms with E-state index in [9.17, 15) is 22.8 Å². The van der Waals surface area contributed by atoms with Crippen LogP contribution in [-0.2, 0) is 14.3 Å². The summed E-state index contributed by atoms with van der Waals surface area (Å²) in [7, 11) is 1.30. The number of nitrogens with two attached hydrogens (primary N) is 1. The fourth-order valence-electron chi connectivity index (χ4n) is 1.35. The molecular weight excluding hydrogens is 325 g/mol. The number of rotatable bonds is 8. The molecule has 11 heteroatoms. The number of hydrogen-bond acceptors (Lipinski definition) is 7. The minimum absolute atomic E-state index is 0.109. The van der Waals surface area contributed by atoms with E-state index in [1.54, 1.807) is 0 Å². The van der Waals surface area contributed by atoms with E-state index in [0.717, 1.165) is 0 Å². The van der Waals surface area contributed by atoms with Crippen LogP contribution in [0.1, 0.15) is 10.5 Å². The number of esters is 1. The summed E-state index contributed by atoms with van der Waals surface area (Å²) in [6, 6.07) is 1.37. The third-order valence-electron chi connectivity index (χ3n) is 2.23. The Morgan fingerprint density at radius 1 is 1.35 bits per heavy atom. The molecule has 0 unspecified atom stereocenters. The van der Waals surface area contributed by atoms with Gasteiger partial charge in [-0.3, -0.25) is 4.79 Å². The Balaban J connectivity index is 2.52. The molecule has 0 aromatic carbocycles. The smallest absolute Gasteiger partial charge is 0.411 e. The van der Waals surface area contributed by atoms with Crippen molar-refractivity contribution in [3.63, 3.8) is 0 Å². The second kappa shape index (κ2) is 8.17. The molecular formula is C12H13F3N2O6. The van der Waals surface area contributed by atoms with Gasteiger partial charge in [0.15, 0.2) is 17.2 Å². The molecule has 23 heavy (non-hydrogen) atoms. The molecule has 0 aliphatic heterocycles. The predicted molar refractivity (Wildman–Crippen MR) is 67.8 cm³/mol. The molecule has 1 amide bonds. The van der Waals surface area contributed by atoms with Crippen LogP contribution in [0, 0.1) is 0 Å². The predicted octanol–water partition coefficient (Wildman–Crippen LogP) is 0.647. The molecule has 0 aliphatic carbocycles. The Kier molecular flexibility index (Phi) is 6.57. The van der Waals surface area contributed by atoms with Crippen LogP contribution < -0.4 is 15.2 Å². The van der Waals surface area contributed by atoms with Gasteiger partial charge in [0.2, 0.25) is 6.79 Å². The maximum absolute atomic E-state index is 11.8. The van der Waals surface area contributed by atoms with Crippen LogP contribution >= 0.6 is 0 Å². The molecule has 0 aliphatic rings. The lowest BCUT2D eigenvalue weighted by atomic mass is 10.3. The number of ether oxygens (including phenoxy) is 4. The number of alkyl halides is 3. The molecule has 1 heterocycles. The van der Waals surface area contributed by atoms with E-state index in [1.807, 2.05) is 0 Å². The topological polar surface area (TPSA) is 110 Å². The maximum atomic E-state index is 11.8. The van der Waals surface area contributed by atoms with Gasteiger partial charge in [-0.25, -0.2) is 9.78 Å². The third kappa shape index (κ3) is 6.38. The lowest BCUT2D eigenvalue weighted by molar-refractivity contribution is -0.183. The minimum Gasteiger partial charge on any atom is -0.493 e. The van der Waals surface area contributed by atoms with Gasteiger partial charge in [-0.2, -0.15) is 13.2 Å². The first-order chi connectivity index (χ1) is 10.7. The molecule has 8 nitrogen and oxygen atoms in total. The lowest BCUT2D eigenvalue weighted by Gasteiger charge is -2.13. The van der Waals surface area contributed by atoms with Gasteiger partial charge in [-0.1, -0.05) is 0 Å². The summed E-state index contributed by atoms with van der Waals surface area (Å²) in [5, 5.41) is 0. The summed E-state index contributed by atoms with van der Waals surface area (Å²) in [5.41, 5.74) is 4.85. The van der Waals surface area contributed by atoms with E-state index in [-0.39, 0.29) is 17.2 Å². The molecule has 0 atom stereocenters. The summed E-state index contributed by atoms with van der Waals surface area (Å²) < 4.78 is 54.0. The SMILES string of the molecule is COc1ccnc(C(N)=O)c1OCOC(=O)COCC(F)(F)F. The number of hydrogen-bond donors (Lipinski definition) is 1. The molecule has 1 aromatic heterocycles. The highest BCUT2D eigenvalue weighted by molar-refractivity contribution is 5.94. The van der Waals surface area contributed by atoms with Crippen molar-refractivity contribution < 1.29 is 41.7 Å². The number of carbonyl (C=O) groups is 2. The number of carbonyl (C=O) groups excluding carboxylic acids is 2. The van der Waals surface area contributed by atoms with Crippen LogP contribution in [0.5, 0.6) is 11.5 Å². The number of methoxy groups -OCH3 is 1. The zero-order chi connectivity index (χ0) is 17.5. The largest absolute Gasteiger partial charge is 0.493 e. The summed E-state index contributed by atoms with van der Waals surface area (Å²) in [5.74, 6) is -2.04. The molecule has 0 bridgehead atoms. The molecule has 2 N–H and O–H groups in total. The van der Waals surface area contributed by atoms with Crippen molar-refractivity contribution in [2.45, 2.75) is 6.18 Å². The van der Waals surface area contributed by atoms with Gasteiger partial charge in [-0.05, 0) is 0 Å². The van der Waals surface area contributed by atoms with Crippen molar-refractivity contribution in [3.05, 3.63) is 18.0 Å². The standard InChI is InChI=1S/C12H13F3N2O6/c1-20-7-2-3-17-9(11(16)19)10(7)23-6-22-8(18)4-21-5-12(13,14)15/h2-3H,4-6H2,1H3,(H2,16,19). The van der Waals surface area contributed by atoms with Gasteiger partial charge in [0.05, 0.1) is 7.11 Å². The van der Waals surface area contributed by atoms with Crippen molar-refractivity contribution in [1.82, 2.24) is 4.98 Å². The van der Waals surface area contributed by atoms with Crippen LogP contribution in [0.25, 0.3) is 0 Å². The Morgan fingerprint density at radius 3 is 2.61 bits per heavy atom. The van der Waals surface area contributed by atoms with Crippen molar-refractivity contribution in [2.75, 3.05) is 27.1 Å². The van der Waals surface area contributed by atoms with E-state index in [1.165, 1.54) is 19.4 Å². The van der Waals surface area contributed by atoms with Crippen LogP contribution in [-0.4, -0.2) is 50.2 Å². The van der Waals surface area contributed by atoms with Gasteiger partial charge in [0.25, 0.3) is 5.91 Å². The van der Waals surface area contributed by atoms with E-state index in [0.29, 0.717) is 0 Å². The number of aromatic nitrogens is 1. The van der Waals surface area contributed by atoms with Crippen molar-refractivity contribution in [1.29, 1.82) is 0 Å². The first-order valence-corrected chi connectivity index (χ1v) is 6.00. The number of halogens is 3. The lowest BCUT2D eigenvalue weighted by Crippen LogP contribution is -2.23. The highest BCUT2D eigenvalue weighted by Gasteiger charge is 2.28. The molecule has 0 saturated carbocycles. The molecule has 128 valence electrons. The highest BCUT2D eigenvalue weighted by atomic mass is 19.4. The number of nitrogens with zero attached hydrogens (tertiary/aromatic N) is 1. The summed E-state index contributed by atoms with van der Waals surface area (Å²) in [4.78, 5) is 26.1. The van der Waals surface area contributed by atoms with Crippen LogP contribution in [0.3, 0.4) is 0 Å². The average Bonchev–Trinajstić information content (AvgIpc) is 2.45. The Hall–Kier alpha value is -2.56. The second-order valence-corrected chi connectivity index (χ2v) is 3.94. The molecule has 0 spiro atoms. The van der Waals surface area contributed by atoms with Crippen LogP contribution in [0.15, 0.2) is 12.3 Å². The molecule has 1 aromatic rings. The average molecular weight is 338 g/mol. The fourth-order valence-corrected chi connectivity index (χ4v) is 1.35. The molecule has 0 radical (unpaired) electrons. The van der Waals surface area contributed by atoms with Crippen molar-refractivity contribution >= 4 is 11.9 Å². The first-order valence-electron chi connectivity index (χ1n) is 6.00. The normalized spacial score (nSPS) is 11.0. The maximum Gasteiger partial charge on any atom is 0.411 e. The van der Waals surface area contributed by atoms with Crippen molar-refractivity contribution in [2.24, 2.45) is 5.73 Å². The molecule has 0 saturated heterocycles. The van der Waals surface area contributed by atoms with Crippen LogP contribution in [0.4, 0.5) is 13.2 Å². The molecule has 0 fully saturated rings. The summed E-state index contributed by atoms with van der Waals surface area (Å²) in [6.07, 6.45) is -3.29. The Morgan fingerprint density at radius 2 is 2.04 bits per heavy atom.